The van der Waals surface area contributed by atoms with Crippen LogP contribution in [0, 0.1) is 5.82 Å². The van der Waals surface area contributed by atoms with Crippen molar-refractivity contribution in [1.29, 1.82) is 0 Å². The van der Waals surface area contributed by atoms with Crippen LogP contribution in [-0.4, -0.2) is 23.9 Å². The molecule has 0 atom stereocenters. The fourth-order valence-corrected chi connectivity index (χ4v) is 1.85. The molecule has 0 spiro atoms. The van der Waals surface area contributed by atoms with Gasteiger partial charge in [-0.3, -0.25) is 4.79 Å². The van der Waals surface area contributed by atoms with Crippen LogP contribution in [0.25, 0.3) is 0 Å². The van der Waals surface area contributed by atoms with Crippen LogP contribution in [0.3, 0.4) is 0 Å². The van der Waals surface area contributed by atoms with Crippen molar-refractivity contribution >= 4 is 33.4 Å². The minimum atomic E-state index is -0.562. The fourth-order valence-electron chi connectivity index (χ4n) is 1.37. The summed E-state index contributed by atoms with van der Waals surface area (Å²) in [5, 5.41) is 0.330. The molecule has 0 saturated heterocycles. The van der Waals surface area contributed by atoms with E-state index < -0.39 is 5.82 Å². The van der Waals surface area contributed by atoms with Gasteiger partial charge in [-0.05, 0) is 41.9 Å². The molecule has 0 N–H and O–H groups in total. The third-order valence-electron chi connectivity index (χ3n) is 2.29. The molecule has 1 aromatic carbocycles. The van der Waals surface area contributed by atoms with Gasteiger partial charge in [0, 0.05) is 17.6 Å². The number of carbonyl (C=O) groups is 1. The summed E-state index contributed by atoms with van der Waals surface area (Å²) in [6, 6.07) is 2.56. The third-order valence-corrected chi connectivity index (χ3v) is 3.49. The number of carbonyl (C=O) groups excluding carboxylic acids is 1. The molecule has 2 nitrogen and oxygen atoms in total. The summed E-state index contributed by atoms with van der Waals surface area (Å²) in [5.41, 5.74) is 0.0110. The van der Waals surface area contributed by atoms with E-state index in [9.17, 15) is 9.18 Å². The van der Waals surface area contributed by atoms with E-state index in [1.807, 2.05) is 13.8 Å². The number of benzene rings is 1. The molecule has 0 unspecified atom stereocenters. The minimum Gasteiger partial charge on any atom is -0.339 e. The second-order valence-corrected chi connectivity index (χ2v) is 4.49. The van der Waals surface area contributed by atoms with Crippen LogP contribution in [0.2, 0.25) is 5.02 Å². The van der Waals surface area contributed by atoms with Gasteiger partial charge in [-0.2, -0.15) is 0 Å². The molecule has 0 radical (unpaired) electrons. The maximum absolute atomic E-state index is 13.6. The molecule has 16 heavy (non-hydrogen) atoms. The van der Waals surface area contributed by atoms with Crippen LogP contribution in [0.4, 0.5) is 4.39 Å². The Morgan fingerprint density at radius 3 is 2.50 bits per heavy atom. The highest BCUT2D eigenvalue weighted by molar-refractivity contribution is 9.10. The Balaban J connectivity index is 3.13. The van der Waals surface area contributed by atoms with Crippen molar-refractivity contribution in [2.45, 2.75) is 13.8 Å². The van der Waals surface area contributed by atoms with Gasteiger partial charge in [0.15, 0.2) is 0 Å². The lowest BCUT2D eigenvalue weighted by molar-refractivity contribution is 0.0768. The van der Waals surface area contributed by atoms with E-state index in [0.717, 1.165) is 0 Å². The first-order valence-electron chi connectivity index (χ1n) is 4.95. The van der Waals surface area contributed by atoms with E-state index in [1.165, 1.54) is 12.1 Å². The highest BCUT2D eigenvalue weighted by Gasteiger charge is 2.18. The maximum Gasteiger partial charge on any atom is 0.256 e. The van der Waals surface area contributed by atoms with Crippen molar-refractivity contribution in [3.8, 4) is 0 Å². The van der Waals surface area contributed by atoms with Crippen LogP contribution in [0.1, 0.15) is 24.2 Å². The summed E-state index contributed by atoms with van der Waals surface area (Å²) in [7, 11) is 0. The number of hydrogen-bond acceptors (Lipinski definition) is 1. The lowest BCUT2D eigenvalue weighted by Crippen LogP contribution is -2.31. The van der Waals surface area contributed by atoms with Gasteiger partial charge < -0.3 is 4.90 Å². The zero-order valence-corrected chi connectivity index (χ0v) is 11.4. The zero-order valence-electron chi connectivity index (χ0n) is 9.06. The van der Waals surface area contributed by atoms with E-state index in [4.69, 9.17) is 11.6 Å². The predicted octanol–water partition coefficient (Wildman–Crippen LogP) is 3.72. The van der Waals surface area contributed by atoms with Crippen LogP contribution < -0.4 is 0 Å². The van der Waals surface area contributed by atoms with Crippen LogP contribution in [0.5, 0.6) is 0 Å². The first kappa shape index (κ1) is 13.5. The van der Waals surface area contributed by atoms with E-state index in [0.29, 0.717) is 22.6 Å². The summed E-state index contributed by atoms with van der Waals surface area (Å²) >= 11 is 8.94. The topological polar surface area (TPSA) is 20.3 Å². The Kier molecular flexibility index (Phi) is 4.74. The van der Waals surface area contributed by atoms with Crippen molar-refractivity contribution in [1.82, 2.24) is 4.90 Å². The van der Waals surface area contributed by atoms with E-state index in [2.05, 4.69) is 15.9 Å². The van der Waals surface area contributed by atoms with Crippen molar-refractivity contribution < 1.29 is 9.18 Å². The molecule has 0 aromatic heterocycles. The molecule has 0 aliphatic carbocycles. The average molecular weight is 309 g/mol. The van der Waals surface area contributed by atoms with Gasteiger partial charge in [0.2, 0.25) is 0 Å². The molecular formula is C11H12BrClFNO. The largest absolute Gasteiger partial charge is 0.339 e. The molecule has 1 amide bonds. The number of halogens is 3. The highest BCUT2D eigenvalue weighted by Crippen LogP contribution is 2.26. The lowest BCUT2D eigenvalue weighted by Gasteiger charge is -2.19. The second-order valence-electron chi connectivity index (χ2n) is 3.22. The Hall–Kier alpha value is -0.610. The normalized spacial score (nSPS) is 10.3. The summed E-state index contributed by atoms with van der Waals surface area (Å²) in [5.74, 6) is -0.898. The van der Waals surface area contributed by atoms with Crippen molar-refractivity contribution in [3.05, 3.63) is 33.0 Å². The summed E-state index contributed by atoms with van der Waals surface area (Å²) in [6.07, 6.45) is 0. The van der Waals surface area contributed by atoms with Crippen molar-refractivity contribution in [2.75, 3.05) is 13.1 Å². The minimum absolute atomic E-state index is 0.0110. The third kappa shape index (κ3) is 2.74. The van der Waals surface area contributed by atoms with Crippen LogP contribution >= 0.6 is 27.5 Å². The molecule has 0 bridgehead atoms. The molecule has 5 heteroatoms. The van der Waals surface area contributed by atoms with Gasteiger partial charge >= 0.3 is 0 Å². The van der Waals surface area contributed by atoms with Gasteiger partial charge in [0.05, 0.1) is 10.6 Å². The monoisotopic (exact) mass is 307 g/mol. The van der Waals surface area contributed by atoms with E-state index in [1.54, 1.807) is 4.90 Å². The number of hydrogen-bond donors (Lipinski definition) is 0. The maximum atomic E-state index is 13.6. The molecular weight excluding hydrogens is 296 g/mol. The molecule has 0 aliphatic heterocycles. The lowest BCUT2D eigenvalue weighted by atomic mass is 10.2. The van der Waals surface area contributed by atoms with E-state index >= 15 is 0 Å². The molecule has 0 fully saturated rings. The zero-order chi connectivity index (χ0) is 12.3. The average Bonchev–Trinajstić information content (AvgIpc) is 2.25. The summed E-state index contributed by atoms with van der Waals surface area (Å²) in [4.78, 5) is 13.4. The van der Waals surface area contributed by atoms with Crippen LogP contribution in [0.15, 0.2) is 16.6 Å². The SMILES string of the molecule is CCN(CC)C(=O)c1cc(Cl)c(Br)cc1F. The van der Waals surface area contributed by atoms with Gasteiger partial charge in [0.1, 0.15) is 5.82 Å². The Labute approximate surface area is 108 Å². The Morgan fingerprint density at radius 1 is 1.44 bits per heavy atom. The van der Waals surface area contributed by atoms with Gasteiger partial charge in [-0.1, -0.05) is 11.6 Å². The number of amides is 1. The van der Waals surface area contributed by atoms with Gasteiger partial charge in [0.25, 0.3) is 5.91 Å². The summed E-state index contributed by atoms with van der Waals surface area (Å²) < 4.78 is 14.0. The molecule has 1 rings (SSSR count). The molecule has 88 valence electrons. The molecule has 0 aliphatic rings. The van der Waals surface area contributed by atoms with Gasteiger partial charge in [-0.25, -0.2) is 4.39 Å². The molecule has 0 saturated carbocycles. The molecule has 0 heterocycles. The smallest absolute Gasteiger partial charge is 0.256 e. The fraction of sp³-hybridized carbons (Fsp3) is 0.364. The van der Waals surface area contributed by atoms with Crippen molar-refractivity contribution in [3.63, 3.8) is 0 Å². The second kappa shape index (κ2) is 5.64. The first-order chi connectivity index (χ1) is 7.51. The number of rotatable bonds is 3. The Bertz CT molecular complexity index is 407. The Morgan fingerprint density at radius 2 is 2.00 bits per heavy atom. The quantitative estimate of drug-likeness (QED) is 0.779. The molecule has 1 aromatic rings. The predicted molar refractivity (Wildman–Crippen MR) is 66.4 cm³/mol. The van der Waals surface area contributed by atoms with Crippen LogP contribution in [-0.2, 0) is 0 Å². The van der Waals surface area contributed by atoms with Gasteiger partial charge in [-0.15, -0.1) is 0 Å². The first-order valence-corrected chi connectivity index (χ1v) is 6.12. The van der Waals surface area contributed by atoms with E-state index in [-0.39, 0.29) is 11.5 Å². The summed E-state index contributed by atoms with van der Waals surface area (Å²) in [6.45, 7) is 4.78. The highest BCUT2D eigenvalue weighted by atomic mass is 79.9. The van der Waals surface area contributed by atoms with Crippen molar-refractivity contribution in [2.24, 2.45) is 0 Å². The standard InChI is InChI=1S/C11H12BrClFNO/c1-3-15(4-2)11(16)7-5-9(13)8(12)6-10(7)14/h5-6H,3-4H2,1-2H3. The number of nitrogens with zero attached hydrogens (tertiary/aromatic N) is 1.